The second kappa shape index (κ2) is 11.4. The van der Waals surface area contributed by atoms with E-state index >= 15 is 0 Å². The van der Waals surface area contributed by atoms with E-state index in [1.807, 2.05) is 35.2 Å². The van der Waals surface area contributed by atoms with Gasteiger partial charge in [0.1, 0.15) is 11.4 Å². The third-order valence-electron chi connectivity index (χ3n) is 7.67. The van der Waals surface area contributed by atoms with E-state index in [-0.39, 0.29) is 29.9 Å². The first-order valence-electron chi connectivity index (χ1n) is 13.3. The number of rotatable bonds is 8. The number of hydrogen-bond donors (Lipinski definition) is 1. The van der Waals surface area contributed by atoms with Crippen LogP contribution in [0.5, 0.6) is 5.75 Å². The predicted molar refractivity (Wildman–Crippen MR) is 150 cm³/mol. The maximum atomic E-state index is 14.1. The highest BCUT2D eigenvalue weighted by atomic mass is 32.1. The predicted octanol–water partition coefficient (Wildman–Crippen LogP) is 5.76. The lowest BCUT2D eigenvalue weighted by Crippen LogP contribution is -2.48. The number of carbonyl (C=O) groups is 2. The van der Waals surface area contributed by atoms with E-state index in [2.05, 4.69) is 35.3 Å². The van der Waals surface area contributed by atoms with Crippen molar-refractivity contribution in [1.29, 1.82) is 0 Å². The summed E-state index contributed by atoms with van der Waals surface area (Å²) in [5.74, 6) is 3.18. The minimum absolute atomic E-state index is 0.00960. The van der Waals surface area contributed by atoms with Crippen LogP contribution in [0.15, 0.2) is 47.8 Å². The summed E-state index contributed by atoms with van der Waals surface area (Å²) in [6, 6.07) is 13.7. The Kier molecular flexibility index (Phi) is 7.80. The monoisotopic (exact) mass is 527 g/mol. The molecule has 38 heavy (non-hydrogen) atoms. The Bertz CT molecular complexity index is 1350. The fourth-order valence-corrected chi connectivity index (χ4v) is 5.97. The van der Waals surface area contributed by atoms with E-state index in [0.29, 0.717) is 16.3 Å². The minimum Gasteiger partial charge on any atom is -0.497 e. The molecule has 7 heteroatoms. The summed E-state index contributed by atoms with van der Waals surface area (Å²) < 4.78 is 5.53. The standard InChI is InChI=1S/C31H33N3O3S/c1-4-6-10-24-17-22-18-25(37-3)15-16-26(22)29(34(24)31(36)27-19-38-28(5-2)33-27)20-11-13-21(14-12-20)30(35)32-23-8-7-9-23/h2,11-16,18-19,23-24,29H,4,6-10,17H2,1,3H3,(H,32,35). The van der Waals surface area contributed by atoms with Crippen molar-refractivity contribution in [3.05, 3.63) is 80.8 Å². The van der Waals surface area contributed by atoms with Crippen molar-refractivity contribution in [3.63, 3.8) is 0 Å². The summed E-state index contributed by atoms with van der Waals surface area (Å²) in [6.07, 6.45) is 12.5. The fourth-order valence-electron chi connectivity index (χ4n) is 5.38. The van der Waals surface area contributed by atoms with Crippen LogP contribution in [-0.4, -0.2) is 40.9 Å². The van der Waals surface area contributed by atoms with Gasteiger partial charge in [-0.1, -0.05) is 38.0 Å². The number of amides is 2. The van der Waals surface area contributed by atoms with Crippen molar-refractivity contribution in [2.75, 3.05) is 7.11 Å². The number of thiazole rings is 1. The molecular weight excluding hydrogens is 494 g/mol. The SMILES string of the molecule is C#Cc1nc(C(=O)N2C(CCCC)Cc3cc(OC)ccc3C2c2ccc(C(=O)NC3CCC3)cc2)cs1. The number of unbranched alkanes of at least 4 members (excludes halogenated alkanes) is 1. The summed E-state index contributed by atoms with van der Waals surface area (Å²) in [7, 11) is 1.67. The quantitative estimate of drug-likeness (QED) is 0.378. The first-order chi connectivity index (χ1) is 18.5. The lowest BCUT2D eigenvalue weighted by atomic mass is 9.82. The summed E-state index contributed by atoms with van der Waals surface area (Å²) in [4.78, 5) is 33.2. The number of benzene rings is 2. The normalized spacial score (nSPS) is 18.7. The fraction of sp³-hybridized carbons (Fsp3) is 0.387. The van der Waals surface area contributed by atoms with Crippen LogP contribution in [0.2, 0.25) is 0 Å². The van der Waals surface area contributed by atoms with Crippen molar-refractivity contribution in [2.45, 2.75) is 70.0 Å². The van der Waals surface area contributed by atoms with Crippen molar-refractivity contribution >= 4 is 23.2 Å². The van der Waals surface area contributed by atoms with Gasteiger partial charge in [-0.15, -0.1) is 17.8 Å². The second-order valence-corrected chi connectivity index (χ2v) is 10.9. The molecule has 0 bridgehead atoms. The van der Waals surface area contributed by atoms with Crippen molar-refractivity contribution in [2.24, 2.45) is 0 Å². The smallest absolute Gasteiger partial charge is 0.274 e. The molecule has 2 amide bonds. The van der Waals surface area contributed by atoms with Crippen molar-refractivity contribution in [1.82, 2.24) is 15.2 Å². The van der Waals surface area contributed by atoms with E-state index < -0.39 is 0 Å². The average Bonchev–Trinajstić information content (AvgIpc) is 3.42. The van der Waals surface area contributed by atoms with Crippen LogP contribution >= 0.6 is 11.3 Å². The van der Waals surface area contributed by atoms with Crippen LogP contribution in [0, 0.1) is 12.3 Å². The molecule has 3 aromatic rings. The molecule has 2 unspecified atom stereocenters. The highest BCUT2D eigenvalue weighted by Gasteiger charge is 2.39. The van der Waals surface area contributed by atoms with Crippen LogP contribution in [0.25, 0.3) is 0 Å². The van der Waals surface area contributed by atoms with Gasteiger partial charge in [-0.25, -0.2) is 4.98 Å². The van der Waals surface area contributed by atoms with E-state index in [9.17, 15) is 9.59 Å². The van der Waals surface area contributed by atoms with E-state index in [1.54, 1.807) is 12.5 Å². The number of aromatic nitrogens is 1. The molecular formula is C31H33N3O3S. The number of nitrogens with zero attached hydrogens (tertiary/aromatic N) is 2. The Labute approximate surface area is 228 Å². The van der Waals surface area contributed by atoms with Gasteiger partial charge in [0.2, 0.25) is 0 Å². The molecule has 2 aromatic carbocycles. The summed E-state index contributed by atoms with van der Waals surface area (Å²) in [5, 5.41) is 5.36. The van der Waals surface area contributed by atoms with Crippen LogP contribution < -0.4 is 10.1 Å². The molecule has 1 saturated carbocycles. The van der Waals surface area contributed by atoms with E-state index in [4.69, 9.17) is 11.2 Å². The Morgan fingerprint density at radius 3 is 2.63 bits per heavy atom. The Balaban J connectivity index is 1.56. The first kappa shape index (κ1) is 26.0. The van der Waals surface area contributed by atoms with Gasteiger partial charge in [0.15, 0.2) is 5.01 Å². The summed E-state index contributed by atoms with van der Waals surface area (Å²) >= 11 is 1.31. The largest absolute Gasteiger partial charge is 0.497 e. The van der Waals surface area contributed by atoms with Gasteiger partial charge >= 0.3 is 0 Å². The van der Waals surface area contributed by atoms with Gasteiger partial charge in [0.25, 0.3) is 11.8 Å². The first-order valence-corrected chi connectivity index (χ1v) is 14.2. The van der Waals surface area contributed by atoms with Crippen LogP contribution in [-0.2, 0) is 6.42 Å². The average molecular weight is 528 g/mol. The number of carbonyl (C=O) groups excluding carboxylic acids is 2. The molecule has 2 heterocycles. The lowest BCUT2D eigenvalue weighted by molar-refractivity contribution is 0.0560. The zero-order valence-corrected chi connectivity index (χ0v) is 22.7. The number of fused-ring (bicyclic) bond motifs is 1. The molecule has 1 aliphatic carbocycles. The van der Waals surface area contributed by atoms with Gasteiger partial charge in [-0.2, -0.15) is 0 Å². The third-order valence-corrected chi connectivity index (χ3v) is 8.45. The molecule has 2 aliphatic rings. The summed E-state index contributed by atoms with van der Waals surface area (Å²) in [6.45, 7) is 2.16. The highest BCUT2D eigenvalue weighted by molar-refractivity contribution is 7.10. The van der Waals surface area contributed by atoms with Crippen LogP contribution in [0.4, 0.5) is 0 Å². The molecule has 196 valence electrons. The molecule has 6 nitrogen and oxygen atoms in total. The zero-order valence-electron chi connectivity index (χ0n) is 21.9. The molecule has 0 saturated heterocycles. The van der Waals surface area contributed by atoms with Gasteiger partial charge in [0.05, 0.1) is 13.2 Å². The Morgan fingerprint density at radius 2 is 2.00 bits per heavy atom. The third kappa shape index (κ3) is 5.19. The number of methoxy groups -OCH3 is 1. The van der Waals surface area contributed by atoms with E-state index in [1.165, 1.54) is 23.3 Å². The van der Waals surface area contributed by atoms with Crippen LogP contribution in [0.3, 0.4) is 0 Å². The van der Waals surface area contributed by atoms with Gasteiger partial charge in [-0.05, 0) is 79.0 Å². The van der Waals surface area contributed by atoms with Gasteiger partial charge in [-0.3, -0.25) is 9.59 Å². The van der Waals surface area contributed by atoms with E-state index in [0.717, 1.165) is 55.4 Å². The summed E-state index contributed by atoms with van der Waals surface area (Å²) in [5.41, 5.74) is 4.20. The molecule has 0 spiro atoms. The minimum atomic E-state index is -0.321. The molecule has 2 atom stereocenters. The van der Waals surface area contributed by atoms with Crippen molar-refractivity contribution < 1.29 is 14.3 Å². The Morgan fingerprint density at radius 1 is 1.21 bits per heavy atom. The maximum Gasteiger partial charge on any atom is 0.274 e. The molecule has 1 fully saturated rings. The molecule has 0 radical (unpaired) electrons. The van der Waals surface area contributed by atoms with Gasteiger partial charge < -0.3 is 15.0 Å². The van der Waals surface area contributed by atoms with Crippen molar-refractivity contribution in [3.8, 4) is 18.1 Å². The number of nitrogens with one attached hydrogen (secondary N) is 1. The molecule has 1 aliphatic heterocycles. The van der Waals surface area contributed by atoms with Crippen LogP contribution in [0.1, 0.15) is 94.0 Å². The second-order valence-electron chi connectivity index (χ2n) is 10.1. The topological polar surface area (TPSA) is 71.5 Å². The molecule has 1 aromatic heterocycles. The lowest BCUT2D eigenvalue weighted by Gasteiger charge is -2.43. The number of terminal acetylenes is 1. The molecule has 1 N–H and O–H groups in total. The van der Waals surface area contributed by atoms with Gasteiger partial charge in [0, 0.05) is 23.0 Å². The highest BCUT2D eigenvalue weighted by Crippen LogP contribution is 2.41. The number of ether oxygens (including phenoxy) is 1. The zero-order chi connectivity index (χ0) is 26.6. The Hall–Kier alpha value is -3.63. The maximum absolute atomic E-state index is 14.1. The number of hydrogen-bond acceptors (Lipinski definition) is 5. The molecule has 5 rings (SSSR count).